The Bertz CT molecular complexity index is 784. The zero-order valence-corrected chi connectivity index (χ0v) is 19.8. The number of carbonyl (C=O) groups excluding carboxylic acids is 1. The Hall–Kier alpha value is -1.91. The third kappa shape index (κ3) is 6.55. The molecule has 0 bridgehead atoms. The van der Waals surface area contributed by atoms with Gasteiger partial charge in [-0.05, 0) is 62.3 Å². The Labute approximate surface area is 193 Å². The highest BCUT2D eigenvalue weighted by molar-refractivity contribution is 5.69. The van der Waals surface area contributed by atoms with Crippen molar-refractivity contribution in [2.75, 3.05) is 0 Å². The summed E-state index contributed by atoms with van der Waals surface area (Å²) < 4.78 is 5.55. The molecule has 0 spiro atoms. The van der Waals surface area contributed by atoms with Gasteiger partial charge in [-0.25, -0.2) is 0 Å². The number of carbonyl (C=O) groups is 1. The summed E-state index contributed by atoms with van der Waals surface area (Å²) in [4.78, 5) is 12.2. The average molecular weight is 441 g/mol. The molecular formula is C28H40O4. The Morgan fingerprint density at radius 3 is 2.69 bits per heavy atom. The van der Waals surface area contributed by atoms with Crippen LogP contribution < -0.4 is 0 Å². The molecule has 0 radical (unpaired) electrons. The minimum Gasteiger partial charge on any atom is -0.458 e. The van der Waals surface area contributed by atoms with Crippen LogP contribution in [0.15, 0.2) is 54.1 Å². The van der Waals surface area contributed by atoms with Crippen molar-refractivity contribution in [3.63, 3.8) is 0 Å². The lowest BCUT2D eigenvalue weighted by molar-refractivity contribution is -0.148. The number of aliphatic hydroxyl groups is 2. The molecule has 176 valence electrons. The third-order valence-corrected chi connectivity index (χ3v) is 7.46. The van der Waals surface area contributed by atoms with Crippen LogP contribution in [0.25, 0.3) is 0 Å². The summed E-state index contributed by atoms with van der Waals surface area (Å²) in [6.45, 7) is 6.05. The van der Waals surface area contributed by atoms with Crippen LogP contribution >= 0.6 is 0 Å². The molecule has 1 aromatic carbocycles. The second-order valence-corrected chi connectivity index (χ2v) is 9.77. The highest BCUT2D eigenvalue weighted by Crippen LogP contribution is 2.50. The molecular weight excluding hydrogens is 400 g/mol. The third-order valence-electron chi connectivity index (χ3n) is 7.46. The van der Waals surface area contributed by atoms with E-state index in [1.165, 1.54) is 5.57 Å². The van der Waals surface area contributed by atoms with E-state index in [0.717, 1.165) is 44.1 Å². The maximum absolute atomic E-state index is 12.2. The van der Waals surface area contributed by atoms with E-state index in [0.29, 0.717) is 18.3 Å². The second-order valence-electron chi connectivity index (χ2n) is 9.77. The number of aliphatic hydroxyl groups excluding tert-OH is 2. The van der Waals surface area contributed by atoms with Crippen molar-refractivity contribution in [2.45, 2.75) is 84.0 Å². The second kappa shape index (κ2) is 11.8. The number of allylic oxidation sites excluding steroid dienone is 2. The summed E-state index contributed by atoms with van der Waals surface area (Å²) in [5, 5.41) is 20.8. The smallest absolute Gasteiger partial charge is 0.306 e. The van der Waals surface area contributed by atoms with Gasteiger partial charge in [0.05, 0.1) is 12.2 Å². The van der Waals surface area contributed by atoms with Gasteiger partial charge in [-0.1, -0.05) is 74.4 Å². The largest absolute Gasteiger partial charge is 0.458 e. The minimum atomic E-state index is -0.438. The summed E-state index contributed by atoms with van der Waals surface area (Å²) in [7, 11) is 0. The van der Waals surface area contributed by atoms with Gasteiger partial charge in [-0.15, -0.1) is 0 Å². The van der Waals surface area contributed by atoms with Gasteiger partial charge in [0, 0.05) is 12.3 Å². The first-order valence-electron chi connectivity index (χ1n) is 12.4. The fourth-order valence-corrected chi connectivity index (χ4v) is 5.21. The fourth-order valence-electron chi connectivity index (χ4n) is 5.21. The summed E-state index contributed by atoms with van der Waals surface area (Å²) in [5.74, 6) is 1.23. The van der Waals surface area contributed by atoms with Gasteiger partial charge in [0.15, 0.2) is 0 Å². The molecule has 2 saturated carbocycles. The average Bonchev–Trinajstić information content (AvgIpc) is 3.31. The molecule has 2 aliphatic carbocycles. The number of hydrogen-bond donors (Lipinski definition) is 2. The van der Waals surface area contributed by atoms with E-state index < -0.39 is 6.10 Å². The maximum atomic E-state index is 12.2. The zero-order chi connectivity index (χ0) is 23.1. The van der Waals surface area contributed by atoms with Crippen molar-refractivity contribution in [1.29, 1.82) is 0 Å². The topological polar surface area (TPSA) is 66.8 Å². The van der Waals surface area contributed by atoms with Crippen LogP contribution in [0.1, 0.15) is 77.4 Å². The predicted octanol–water partition coefficient (Wildman–Crippen LogP) is 5.76. The number of esters is 1. The van der Waals surface area contributed by atoms with Gasteiger partial charge < -0.3 is 14.9 Å². The number of unbranched alkanes of at least 4 members (excludes halogenated alkanes) is 1. The van der Waals surface area contributed by atoms with Crippen molar-refractivity contribution in [3.05, 3.63) is 59.7 Å². The zero-order valence-electron chi connectivity index (χ0n) is 19.8. The van der Waals surface area contributed by atoms with Crippen LogP contribution in [0.3, 0.4) is 0 Å². The molecule has 3 rings (SSSR count). The molecule has 2 fully saturated rings. The lowest BCUT2D eigenvalue weighted by Gasteiger charge is -2.19. The Morgan fingerprint density at radius 2 is 1.97 bits per heavy atom. The maximum Gasteiger partial charge on any atom is 0.306 e. The first-order chi connectivity index (χ1) is 15.4. The van der Waals surface area contributed by atoms with Gasteiger partial charge in [0.1, 0.15) is 6.10 Å². The highest BCUT2D eigenvalue weighted by atomic mass is 16.5. The molecule has 0 aromatic heterocycles. The van der Waals surface area contributed by atoms with Crippen molar-refractivity contribution < 1.29 is 19.7 Å². The number of benzene rings is 1. The summed E-state index contributed by atoms with van der Waals surface area (Å²) in [5.41, 5.74) is 2.47. The molecule has 0 saturated heterocycles. The summed E-state index contributed by atoms with van der Waals surface area (Å²) in [6, 6.07) is 9.82. The van der Waals surface area contributed by atoms with Crippen molar-refractivity contribution in [2.24, 2.45) is 23.7 Å². The minimum absolute atomic E-state index is 0.138. The SMILES string of the molecule is CCC(C)[C@H](O)/C=C/[C@@H]1[C@H]2C/C(=C/CCCC(=O)O[C@@H](C)c3ccccc3)C[C@H]2C[C@H]1O. The van der Waals surface area contributed by atoms with E-state index in [2.05, 4.69) is 26.0 Å². The fraction of sp³-hybridized carbons (Fsp3) is 0.607. The predicted molar refractivity (Wildman–Crippen MR) is 128 cm³/mol. The molecule has 0 heterocycles. The van der Waals surface area contributed by atoms with Crippen LogP contribution in [-0.2, 0) is 9.53 Å². The molecule has 4 heteroatoms. The standard InChI is InChI=1S/C28H40O4/c1-4-19(2)26(29)15-14-24-25-17-21(16-23(25)18-27(24)30)10-8-9-13-28(31)32-20(3)22-11-6-5-7-12-22/h5-7,10-12,14-15,19-20,23-27,29-30H,4,8-9,13,16-18H2,1-3H3/b15-14+,21-10+/t19?,20-,23-,24+,25-,26+,27+/m0/s1. The molecule has 32 heavy (non-hydrogen) atoms. The highest BCUT2D eigenvalue weighted by Gasteiger charge is 2.44. The van der Waals surface area contributed by atoms with Gasteiger partial charge in [0.25, 0.3) is 0 Å². The first kappa shape index (κ1) is 24.7. The molecule has 1 unspecified atom stereocenters. The quantitative estimate of drug-likeness (QED) is 0.276. The van der Waals surface area contributed by atoms with Gasteiger partial charge in [-0.2, -0.15) is 0 Å². The Morgan fingerprint density at radius 1 is 1.22 bits per heavy atom. The number of hydrogen-bond acceptors (Lipinski definition) is 4. The van der Waals surface area contributed by atoms with Gasteiger partial charge in [-0.3, -0.25) is 4.79 Å². The molecule has 4 nitrogen and oxygen atoms in total. The van der Waals surface area contributed by atoms with Crippen LogP contribution in [0.2, 0.25) is 0 Å². The first-order valence-corrected chi connectivity index (χ1v) is 12.4. The molecule has 2 aliphatic rings. The van der Waals surface area contributed by atoms with E-state index >= 15 is 0 Å². The van der Waals surface area contributed by atoms with Crippen LogP contribution in [0.4, 0.5) is 0 Å². The van der Waals surface area contributed by atoms with Crippen molar-refractivity contribution in [1.82, 2.24) is 0 Å². The van der Waals surface area contributed by atoms with Crippen LogP contribution in [-0.4, -0.2) is 28.4 Å². The monoisotopic (exact) mass is 440 g/mol. The molecule has 0 amide bonds. The van der Waals surface area contributed by atoms with E-state index in [-0.39, 0.29) is 30.0 Å². The Balaban J connectivity index is 1.42. The number of fused-ring (bicyclic) bond motifs is 1. The van der Waals surface area contributed by atoms with E-state index in [1.807, 2.05) is 43.3 Å². The lowest BCUT2D eigenvalue weighted by atomic mass is 9.89. The van der Waals surface area contributed by atoms with Crippen molar-refractivity contribution in [3.8, 4) is 0 Å². The summed E-state index contributed by atoms with van der Waals surface area (Å²) >= 11 is 0. The molecule has 1 aromatic rings. The van der Waals surface area contributed by atoms with E-state index in [1.54, 1.807) is 0 Å². The van der Waals surface area contributed by atoms with Gasteiger partial charge >= 0.3 is 5.97 Å². The lowest BCUT2D eigenvalue weighted by Crippen LogP contribution is -2.19. The number of rotatable bonds is 10. The van der Waals surface area contributed by atoms with Crippen LogP contribution in [0, 0.1) is 23.7 Å². The normalized spacial score (nSPS) is 29.2. The Kier molecular flexibility index (Phi) is 9.12. The van der Waals surface area contributed by atoms with Crippen molar-refractivity contribution >= 4 is 5.97 Å². The van der Waals surface area contributed by atoms with E-state index in [4.69, 9.17) is 4.74 Å². The number of ether oxygens (including phenoxy) is 1. The summed E-state index contributed by atoms with van der Waals surface area (Å²) in [6.07, 6.45) is 11.3. The van der Waals surface area contributed by atoms with Crippen LogP contribution in [0.5, 0.6) is 0 Å². The molecule has 2 N–H and O–H groups in total. The molecule has 0 aliphatic heterocycles. The van der Waals surface area contributed by atoms with Gasteiger partial charge in [0.2, 0.25) is 0 Å². The van der Waals surface area contributed by atoms with E-state index in [9.17, 15) is 15.0 Å². The molecule has 7 atom stereocenters.